The van der Waals surface area contributed by atoms with Crippen LogP contribution in [0.15, 0.2) is 60.7 Å². The fourth-order valence-corrected chi connectivity index (χ4v) is 3.11. The van der Waals surface area contributed by atoms with Gasteiger partial charge in [0.1, 0.15) is 5.44 Å². The first-order valence-corrected chi connectivity index (χ1v) is 8.24. The van der Waals surface area contributed by atoms with Gasteiger partial charge < -0.3 is 4.74 Å². The summed E-state index contributed by atoms with van der Waals surface area (Å²) in [6.07, 6.45) is 2.26. The smallest absolute Gasteiger partial charge is 0.103 e. The Morgan fingerprint density at radius 3 is 2.10 bits per heavy atom. The highest BCUT2D eigenvalue weighted by atomic mass is 32.2. The van der Waals surface area contributed by atoms with Crippen LogP contribution in [-0.2, 0) is 17.1 Å². The van der Waals surface area contributed by atoms with Crippen molar-refractivity contribution in [3.63, 3.8) is 0 Å². The lowest BCUT2D eigenvalue weighted by atomic mass is 10.2. The van der Waals surface area contributed by atoms with Gasteiger partial charge in [0.25, 0.3) is 0 Å². The van der Waals surface area contributed by atoms with Gasteiger partial charge >= 0.3 is 0 Å². The van der Waals surface area contributed by atoms with Crippen LogP contribution >= 0.6 is 11.8 Å². The second-order valence-corrected chi connectivity index (χ2v) is 5.96. The molecule has 0 amide bonds. The first-order valence-electron chi connectivity index (χ1n) is 7.19. The van der Waals surface area contributed by atoms with Crippen LogP contribution in [0.2, 0.25) is 0 Å². The van der Waals surface area contributed by atoms with E-state index in [1.54, 1.807) is 0 Å². The zero-order chi connectivity index (χ0) is 14.0. The van der Waals surface area contributed by atoms with E-state index in [0.29, 0.717) is 6.61 Å². The fraction of sp³-hybridized carbons (Fsp3) is 0.333. The second-order valence-electron chi connectivity index (χ2n) is 4.81. The van der Waals surface area contributed by atoms with Crippen LogP contribution in [0.1, 0.15) is 30.9 Å². The molecular formula is C18H22OS. The van der Waals surface area contributed by atoms with Crippen LogP contribution in [0, 0.1) is 0 Å². The molecular weight excluding hydrogens is 264 g/mol. The third kappa shape index (κ3) is 5.40. The van der Waals surface area contributed by atoms with E-state index in [4.69, 9.17) is 4.74 Å². The van der Waals surface area contributed by atoms with Crippen LogP contribution in [0.5, 0.6) is 0 Å². The average Bonchev–Trinajstić information content (AvgIpc) is 2.52. The van der Waals surface area contributed by atoms with Crippen molar-refractivity contribution >= 4 is 11.8 Å². The molecule has 0 fully saturated rings. The van der Waals surface area contributed by atoms with Gasteiger partial charge in [-0.25, -0.2) is 0 Å². The van der Waals surface area contributed by atoms with Crippen molar-refractivity contribution in [1.82, 2.24) is 0 Å². The Hall–Kier alpha value is -1.25. The highest BCUT2D eigenvalue weighted by Gasteiger charge is 2.09. The van der Waals surface area contributed by atoms with Crippen molar-refractivity contribution < 1.29 is 4.74 Å². The minimum absolute atomic E-state index is 0.278. The molecule has 0 saturated heterocycles. The molecule has 1 atom stereocenters. The number of benzene rings is 2. The second kappa shape index (κ2) is 8.83. The van der Waals surface area contributed by atoms with Gasteiger partial charge in [0.15, 0.2) is 0 Å². The van der Waals surface area contributed by atoms with Gasteiger partial charge in [0, 0.05) is 5.75 Å². The molecule has 2 heteroatoms. The maximum absolute atomic E-state index is 6.05. The van der Waals surface area contributed by atoms with Gasteiger partial charge in [-0.3, -0.25) is 0 Å². The molecule has 0 spiro atoms. The summed E-state index contributed by atoms with van der Waals surface area (Å²) in [5.74, 6) is 1.01. The zero-order valence-electron chi connectivity index (χ0n) is 12.0. The Morgan fingerprint density at radius 2 is 1.50 bits per heavy atom. The van der Waals surface area contributed by atoms with Crippen molar-refractivity contribution in [2.75, 3.05) is 0 Å². The third-order valence-corrected chi connectivity index (χ3v) is 4.33. The molecule has 106 valence electrons. The molecule has 0 aliphatic heterocycles. The molecule has 2 aromatic rings. The van der Waals surface area contributed by atoms with Gasteiger partial charge in [-0.1, -0.05) is 74.0 Å². The Kier molecular flexibility index (Phi) is 6.69. The first-order chi connectivity index (χ1) is 9.88. The summed E-state index contributed by atoms with van der Waals surface area (Å²) in [5, 5.41) is 0. The summed E-state index contributed by atoms with van der Waals surface area (Å²) in [7, 11) is 0. The van der Waals surface area contributed by atoms with Crippen LogP contribution in [0.4, 0.5) is 0 Å². The molecule has 2 rings (SSSR count). The van der Waals surface area contributed by atoms with Crippen molar-refractivity contribution in [2.24, 2.45) is 0 Å². The molecule has 1 nitrogen and oxygen atoms in total. The van der Waals surface area contributed by atoms with E-state index >= 15 is 0 Å². The van der Waals surface area contributed by atoms with E-state index in [1.165, 1.54) is 11.1 Å². The van der Waals surface area contributed by atoms with Gasteiger partial charge in [-0.2, -0.15) is 0 Å². The monoisotopic (exact) mass is 286 g/mol. The normalized spacial score (nSPS) is 12.2. The summed E-state index contributed by atoms with van der Waals surface area (Å²) in [6.45, 7) is 2.91. The number of rotatable bonds is 8. The molecule has 2 aromatic carbocycles. The van der Waals surface area contributed by atoms with E-state index in [0.717, 1.165) is 18.6 Å². The number of thioether (sulfide) groups is 1. The highest BCUT2D eigenvalue weighted by molar-refractivity contribution is 7.99. The maximum atomic E-state index is 6.05. The summed E-state index contributed by atoms with van der Waals surface area (Å²) in [4.78, 5) is 0. The molecule has 0 aliphatic rings. The van der Waals surface area contributed by atoms with Gasteiger partial charge in [0.05, 0.1) is 6.61 Å². The third-order valence-electron chi connectivity index (χ3n) is 3.08. The lowest BCUT2D eigenvalue weighted by molar-refractivity contribution is 0.0931. The Bertz CT molecular complexity index is 426. The average molecular weight is 286 g/mol. The quantitative estimate of drug-likeness (QED) is 0.612. The minimum Gasteiger partial charge on any atom is -0.363 e. The summed E-state index contributed by atoms with van der Waals surface area (Å²) < 4.78 is 6.05. The summed E-state index contributed by atoms with van der Waals surface area (Å²) >= 11 is 1.90. The standard InChI is InChI=1S/C18H22OS/c1-2-9-18(19-14-16-10-5-3-6-11-16)20-15-17-12-7-4-8-13-17/h3-8,10-13,18H,2,9,14-15H2,1H3. The Labute approximate surface area is 126 Å². The van der Waals surface area contributed by atoms with Crippen LogP contribution in [0.3, 0.4) is 0 Å². The first kappa shape index (κ1) is 15.1. The topological polar surface area (TPSA) is 9.23 Å². The van der Waals surface area contributed by atoms with Crippen LogP contribution < -0.4 is 0 Å². The van der Waals surface area contributed by atoms with Gasteiger partial charge in [-0.15, -0.1) is 11.8 Å². The Balaban J connectivity index is 1.81. The molecule has 0 aliphatic carbocycles. The molecule has 20 heavy (non-hydrogen) atoms. The van der Waals surface area contributed by atoms with Crippen molar-refractivity contribution in [1.29, 1.82) is 0 Å². The highest BCUT2D eigenvalue weighted by Crippen LogP contribution is 2.23. The fourth-order valence-electron chi connectivity index (χ4n) is 1.98. The lowest BCUT2D eigenvalue weighted by Crippen LogP contribution is -2.08. The molecule has 0 bridgehead atoms. The van der Waals surface area contributed by atoms with E-state index in [9.17, 15) is 0 Å². The summed E-state index contributed by atoms with van der Waals surface area (Å²) in [6, 6.07) is 21.0. The van der Waals surface area contributed by atoms with Crippen LogP contribution in [0.25, 0.3) is 0 Å². The Morgan fingerprint density at radius 1 is 0.900 bits per heavy atom. The SMILES string of the molecule is CCCC(OCc1ccccc1)SCc1ccccc1. The maximum Gasteiger partial charge on any atom is 0.103 e. The largest absolute Gasteiger partial charge is 0.363 e. The van der Waals surface area contributed by atoms with Crippen molar-refractivity contribution in [3.8, 4) is 0 Å². The number of hydrogen-bond acceptors (Lipinski definition) is 2. The van der Waals surface area contributed by atoms with Gasteiger partial charge in [-0.05, 0) is 17.5 Å². The lowest BCUT2D eigenvalue weighted by Gasteiger charge is -2.17. The van der Waals surface area contributed by atoms with Crippen molar-refractivity contribution in [3.05, 3.63) is 71.8 Å². The van der Waals surface area contributed by atoms with E-state index in [-0.39, 0.29) is 5.44 Å². The van der Waals surface area contributed by atoms with E-state index in [1.807, 2.05) is 17.8 Å². The molecule has 0 heterocycles. The molecule has 1 unspecified atom stereocenters. The summed E-state index contributed by atoms with van der Waals surface area (Å²) in [5.41, 5.74) is 2.89. The molecule has 0 saturated carbocycles. The molecule has 0 radical (unpaired) electrons. The van der Waals surface area contributed by atoms with E-state index < -0.39 is 0 Å². The van der Waals surface area contributed by atoms with Crippen molar-refractivity contribution in [2.45, 2.75) is 37.6 Å². The zero-order valence-corrected chi connectivity index (χ0v) is 12.8. The predicted octanol–water partition coefficient (Wildman–Crippen LogP) is 5.26. The van der Waals surface area contributed by atoms with E-state index in [2.05, 4.69) is 61.5 Å². The molecule has 0 N–H and O–H groups in total. The van der Waals surface area contributed by atoms with Crippen LogP contribution in [-0.4, -0.2) is 5.44 Å². The van der Waals surface area contributed by atoms with Gasteiger partial charge in [0.2, 0.25) is 0 Å². The predicted molar refractivity (Wildman–Crippen MR) is 87.7 cm³/mol. The number of hydrogen-bond donors (Lipinski definition) is 0. The number of ether oxygens (including phenoxy) is 1. The minimum atomic E-state index is 0.278. The molecule has 0 aromatic heterocycles.